The van der Waals surface area contributed by atoms with Crippen molar-refractivity contribution < 1.29 is 14.3 Å². The number of aromatic nitrogens is 2. The monoisotopic (exact) mass is 492 g/mol. The average molecular weight is 493 g/mol. The molecule has 1 aromatic carbocycles. The van der Waals surface area contributed by atoms with Gasteiger partial charge in [-0.3, -0.25) is 10.2 Å². The first-order valence-electron chi connectivity index (χ1n) is 11.9. The van der Waals surface area contributed by atoms with Crippen LogP contribution in [-0.4, -0.2) is 54.9 Å². The van der Waals surface area contributed by atoms with E-state index in [0.717, 1.165) is 52.7 Å². The Hall–Kier alpha value is -3.69. The van der Waals surface area contributed by atoms with Gasteiger partial charge < -0.3 is 18.6 Å². The molecule has 36 heavy (non-hydrogen) atoms. The first kappa shape index (κ1) is 26.9. The van der Waals surface area contributed by atoms with Gasteiger partial charge in [-0.25, -0.2) is 5.43 Å². The van der Waals surface area contributed by atoms with Crippen LogP contribution in [0.4, 0.5) is 5.69 Å². The van der Waals surface area contributed by atoms with Crippen molar-refractivity contribution in [2.45, 2.75) is 40.8 Å². The fourth-order valence-electron chi connectivity index (χ4n) is 4.07. The van der Waals surface area contributed by atoms with E-state index in [1.165, 1.54) is 0 Å². The standard InChI is InChI=1S/C27H36N6O3/c1-19-15-24(21(3)32(19)11-13-35-5)17-28-30-26-9-7-23(8-10-26)27(34)31-29-18-25-16-20(2)33(22(25)4)12-14-36-6/h7-10,15-18,30H,11-14H2,1-6H3,(H,31,34)/b28-17+,29-18+. The highest BCUT2D eigenvalue weighted by Gasteiger charge is 2.09. The van der Waals surface area contributed by atoms with Crippen LogP contribution in [0.15, 0.2) is 46.6 Å². The smallest absolute Gasteiger partial charge is 0.271 e. The number of hydrazone groups is 2. The number of benzene rings is 1. The quantitative estimate of drug-likeness (QED) is 0.295. The average Bonchev–Trinajstić information content (AvgIpc) is 3.29. The Labute approximate surface area is 212 Å². The lowest BCUT2D eigenvalue weighted by molar-refractivity contribution is 0.0955. The van der Waals surface area contributed by atoms with E-state index in [0.29, 0.717) is 18.8 Å². The predicted molar refractivity (Wildman–Crippen MR) is 144 cm³/mol. The topological polar surface area (TPSA) is 94.2 Å². The van der Waals surface area contributed by atoms with Crippen LogP contribution in [0.25, 0.3) is 0 Å². The van der Waals surface area contributed by atoms with Crippen molar-refractivity contribution in [3.05, 3.63) is 75.9 Å². The van der Waals surface area contributed by atoms with Gasteiger partial charge in [0.05, 0.1) is 31.3 Å². The third-order valence-corrected chi connectivity index (χ3v) is 6.18. The van der Waals surface area contributed by atoms with E-state index >= 15 is 0 Å². The molecular weight excluding hydrogens is 456 g/mol. The normalized spacial score (nSPS) is 11.6. The largest absolute Gasteiger partial charge is 0.383 e. The summed E-state index contributed by atoms with van der Waals surface area (Å²) >= 11 is 0. The number of hydrogen-bond donors (Lipinski definition) is 2. The van der Waals surface area contributed by atoms with Crippen molar-refractivity contribution in [3.8, 4) is 0 Å². The summed E-state index contributed by atoms with van der Waals surface area (Å²) in [5.74, 6) is -0.280. The van der Waals surface area contributed by atoms with E-state index in [-0.39, 0.29) is 5.91 Å². The summed E-state index contributed by atoms with van der Waals surface area (Å²) in [5.41, 5.74) is 13.4. The van der Waals surface area contributed by atoms with Gasteiger partial charge in [0.1, 0.15) is 0 Å². The molecule has 0 radical (unpaired) electrons. The van der Waals surface area contributed by atoms with Crippen LogP contribution in [0.3, 0.4) is 0 Å². The Morgan fingerprint density at radius 3 is 1.83 bits per heavy atom. The number of carbonyl (C=O) groups excluding carboxylic acids is 1. The number of rotatable bonds is 12. The molecule has 9 nitrogen and oxygen atoms in total. The van der Waals surface area contributed by atoms with Gasteiger partial charge >= 0.3 is 0 Å². The van der Waals surface area contributed by atoms with Gasteiger partial charge in [-0.05, 0) is 64.1 Å². The zero-order chi connectivity index (χ0) is 26.1. The number of nitrogens with one attached hydrogen (secondary N) is 2. The molecule has 2 heterocycles. The van der Waals surface area contributed by atoms with Crippen LogP contribution < -0.4 is 10.9 Å². The molecule has 9 heteroatoms. The zero-order valence-electron chi connectivity index (χ0n) is 22.0. The molecule has 0 atom stereocenters. The number of carbonyl (C=O) groups is 1. The molecule has 0 spiro atoms. The Kier molecular flexibility index (Phi) is 9.61. The maximum Gasteiger partial charge on any atom is 0.271 e. The van der Waals surface area contributed by atoms with E-state index in [2.05, 4.69) is 50.1 Å². The molecule has 0 saturated carbocycles. The van der Waals surface area contributed by atoms with Gasteiger partial charge in [-0.1, -0.05) is 0 Å². The Bertz CT molecular complexity index is 1220. The lowest BCUT2D eigenvalue weighted by Crippen LogP contribution is -2.17. The van der Waals surface area contributed by atoms with Gasteiger partial charge in [0, 0.05) is 66.8 Å². The minimum atomic E-state index is -0.280. The summed E-state index contributed by atoms with van der Waals surface area (Å²) in [6, 6.07) is 11.2. The fraction of sp³-hybridized carbons (Fsp3) is 0.370. The first-order valence-corrected chi connectivity index (χ1v) is 11.9. The van der Waals surface area contributed by atoms with Crippen molar-refractivity contribution >= 4 is 24.0 Å². The van der Waals surface area contributed by atoms with Crippen LogP contribution >= 0.6 is 0 Å². The fourth-order valence-corrected chi connectivity index (χ4v) is 4.07. The second-order valence-electron chi connectivity index (χ2n) is 8.59. The van der Waals surface area contributed by atoms with Crippen molar-refractivity contribution in [2.75, 3.05) is 32.9 Å². The van der Waals surface area contributed by atoms with E-state index in [4.69, 9.17) is 9.47 Å². The molecule has 192 valence electrons. The molecule has 3 rings (SSSR count). The van der Waals surface area contributed by atoms with Gasteiger partial charge in [-0.15, -0.1) is 0 Å². The lowest BCUT2D eigenvalue weighted by atomic mass is 10.2. The molecule has 0 unspecified atom stereocenters. The van der Waals surface area contributed by atoms with Gasteiger partial charge in [0.15, 0.2) is 0 Å². The molecule has 0 aliphatic carbocycles. The number of aryl methyl sites for hydroxylation is 2. The van der Waals surface area contributed by atoms with Gasteiger partial charge in [0.2, 0.25) is 0 Å². The zero-order valence-corrected chi connectivity index (χ0v) is 22.0. The van der Waals surface area contributed by atoms with Crippen LogP contribution in [0, 0.1) is 27.7 Å². The highest BCUT2D eigenvalue weighted by atomic mass is 16.5. The molecular formula is C27H36N6O3. The minimum absolute atomic E-state index is 0.280. The summed E-state index contributed by atoms with van der Waals surface area (Å²) in [6.07, 6.45) is 3.47. The summed E-state index contributed by atoms with van der Waals surface area (Å²) in [7, 11) is 3.39. The summed E-state index contributed by atoms with van der Waals surface area (Å²) < 4.78 is 14.7. The van der Waals surface area contributed by atoms with Crippen molar-refractivity contribution in [2.24, 2.45) is 10.2 Å². The summed E-state index contributed by atoms with van der Waals surface area (Å²) in [5, 5.41) is 8.48. The second-order valence-corrected chi connectivity index (χ2v) is 8.59. The number of methoxy groups -OCH3 is 2. The van der Waals surface area contributed by atoms with Crippen LogP contribution in [-0.2, 0) is 22.6 Å². The highest BCUT2D eigenvalue weighted by molar-refractivity contribution is 5.95. The molecule has 2 N–H and O–H groups in total. The van der Waals surface area contributed by atoms with Gasteiger partial charge in [0.25, 0.3) is 5.91 Å². The Morgan fingerprint density at radius 1 is 0.833 bits per heavy atom. The molecule has 0 fully saturated rings. The number of anilines is 1. The number of nitrogens with zero attached hydrogens (tertiary/aromatic N) is 4. The maximum atomic E-state index is 12.5. The van der Waals surface area contributed by atoms with E-state index in [1.54, 1.807) is 50.9 Å². The molecule has 0 aliphatic heterocycles. The van der Waals surface area contributed by atoms with Crippen LogP contribution in [0.5, 0.6) is 0 Å². The Morgan fingerprint density at radius 2 is 1.33 bits per heavy atom. The summed E-state index contributed by atoms with van der Waals surface area (Å²) in [4.78, 5) is 12.5. The van der Waals surface area contributed by atoms with E-state index < -0.39 is 0 Å². The van der Waals surface area contributed by atoms with Crippen molar-refractivity contribution in [1.29, 1.82) is 0 Å². The maximum absolute atomic E-state index is 12.5. The number of amides is 1. The third-order valence-electron chi connectivity index (χ3n) is 6.18. The molecule has 3 aromatic rings. The summed E-state index contributed by atoms with van der Waals surface area (Å²) in [6.45, 7) is 11.1. The SMILES string of the molecule is COCCn1c(C)cc(/C=N/NC(=O)c2ccc(N/N=C/c3cc(C)n(CCOC)c3C)cc2)c1C. The Balaban J connectivity index is 1.55. The van der Waals surface area contributed by atoms with Crippen molar-refractivity contribution in [1.82, 2.24) is 14.6 Å². The molecule has 1 amide bonds. The second kappa shape index (κ2) is 12.9. The molecule has 2 aromatic heterocycles. The molecule has 0 bridgehead atoms. The van der Waals surface area contributed by atoms with E-state index in [9.17, 15) is 4.79 Å². The first-order chi connectivity index (χ1) is 17.3. The number of ether oxygens (including phenoxy) is 2. The van der Waals surface area contributed by atoms with Crippen LogP contribution in [0.1, 0.15) is 44.3 Å². The highest BCUT2D eigenvalue weighted by Crippen LogP contribution is 2.15. The number of hydrogen-bond acceptors (Lipinski definition) is 6. The van der Waals surface area contributed by atoms with Gasteiger partial charge in [-0.2, -0.15) is 10.2 Å². The lowest BCUT2D eigenvalue weighted by Gasteiger charge is -2.08. The molecule has 0 aliphatic rings. The predicted octanol–water partition coefficient (Wildman–Crippen LogP) is 4.03. The van der Waals surface area contributed by atoms with E-state index in [1.807, 2.05) is 19.9 Å². The molecule has 0 saturated heterocycles. The van der Waals surface area contributed by atoms with Crippen molar-refractivity contribution in [3.63, 3.8) is 0 Å². The third kappa shape index (κ3) is 6.71. The minimum Gasteiger partial charge on any atom is -0.383 e. The van der Waals surface area contributed by atoms with Crippen LogP contribution in [0.2, 0.25) is 0 Å².